The van der Waals surface area contributed by atoms with Crippen molar-refractivity contribution in [3.8, 4) is 0 Å². The maximum absolute atomic E-state index is 11.0. The standard InChI is InChI=1S/C16H21NOS/c1-12(2)17-9-7-16(18,8-10-17)14-5-3-4-13-6-11-19-15(13)14/h3-6,11-12,18H,7-10H2,1-2H3. The fourth-order valence-corrected chi connectivity index (χ4v) is 4.05. The Morgan fingerprint density at radius 2 is 1.95 bits per heavy atom. The zero-order chi connectivity index (χ0) is 13.5. The Hall–Kier alpha value is -0.900. The molecule has 1 aromatic carbocycles. The highest BCUT2D eigenvalue weighted by molar-refractivity contribution is 7.17. The first-order valence-corrected chi connectivity index (χ1v) is 7.91. The van der Waals surface area contributed by atoms with E-state index in [1.165, 1.54) is 10.1 Å². The molecule has 102 valence electrons. The van der Waals surface area contributed by atoms with E-state index < -0.39 is 5.60 Å². The van der Waals surface area contributed by atoms with Crippen LogP contribution in [0.25, 0.3) is 10.1 Å². The number of piperidine rings is 1. The van der Waals surface area contributed by atoms with Crippen LogP contribution in [0, 0.1) is 0 Å². The molecule has 0 spiro atoms. The topological polar surface area (TPSA) is 23.5 Å². The van der Waals surface area contributed by atoms with Gasteiger partial charge < -0.3 is 10.0 Å². The van der Waals surface area contributed by atoms with Crippen molar-refractivity contribution in [1.82, 2.24) is 4.90 Å². The van der Waals surface area contributed by atoms with Gasteiger partial charge in [-0.3, -0.25) is 0 Å². The number of hydrogen-bond donors (Lipinski definition) is 1. The summed E-state index contributed by atoms with van der Waals surface area (Å²) in [6.45, 7) is 6.42. The molecular formula is C16H21NOS. The number of benzene rings is 1. The lowest BCUT2D eigenvalue weighted by atomic mass is 9.83. The van der Waals surface area contributed by atoms with Crippen molar-refractivity contribution in [1.29, 1.82) is 0 Å². The van der Waals surface area contributed by atoms with E-state index in [9.17, 15) is 5.11 Å². The van der Waals surface area contributed by atoms with E-state index in [2.05, 4.69) is 48.4 Å². The normalized spacial score (nSPS) is 20.2. The van der Waals surface area contributed by atoms with E-state index in [0.717, 1.165) is 31.5 Å². The highest BCUT2D eigenvalue weighted by Crippen LogP contribution is 2.39. The van der Waals surface area contributed by atoms with Gasteiger partial charge in [0.05, 0.1) is 5.60 Å². The van der Waals surface area contributed by atoms with Gasteiger partial charge in [-0.2, -0.15) is 0 Å². The van der Waals surface area contributed by atoms with Crippen molar-refractivity contribution in [2.75, 3.05) is 13.1 Å². The second-order valence-electron chi connectivity index (χ2n) is 5.81. The molecule has 19 heavy (non-hydrogen) atoms. The molecule has 3 rings (SSSR count). The molecule has 0 unspecified atom stereocenters. The molecule has 2 heterocycles. The van der Waals surface area contributed by atoms with Crippen LogP contribution in [0.1, 0.15) is 32.3 Å². The smallest absolute Gasteiger partial charge is 0.0934 e. The number of rotatable bonds is 2. The molecule has 3 heteroatoms. The molecule has 1 saturated heterocycles. The third-order valence-electron chi connectivity index (χ3n) is 4.34. The first kappa shape index (κ1) is 13.1. The molecule has 0 amide bonds. The molecule has 2 aromatic rings. The summed E-state index contributed by atoms with van der Waals surface area (Å²) in [4.78, 5) is 2.45. The quantitative estimate of drug-likeness (QED) is 0.905. The highest BCUT2D eigenvalue weighted by Gasteiger charge is 2.35. The first-order chi connectivity index (χ1) is 9.10. The van der Waals surface area contributed by atoms with Crippen LogP contribution >= 0.6 is 11.3 Å². The highest BCUT2D eigenvalue weighted by atomic mass is 32.1. The van der Waals surface area contributed by atoms with Crippen molar-refractivity contribution in [3.05, 3.63) is 35.2 Å². The fraction of sp³-hybridized carbons (Fsp3) is 0.500. The first-order valence-electron chi connectivity index (χ1n) is 7.03. The minimum absolute atomic E-state index is 0.571. The van der Waals surface area contributed by atoms with Crippen LogP contribution in [0.2, 0.25) is 0 Å². The number of fused-ring (bicyclic) bond motifs is 1. The van der Waals surface area contributed by atoms with Gasteiger partial charge >= 0.3 is 0 Å². The number of thiophene rings is 1. The van der Waals surface area contributed by atoms with E-state index in [1.807, 2.05) is 0 Å². The summed E-state index contributed by atoms with van der Waals surface area (Å²) >= 11 is 1.74. The van der Waals surface area contributed by atoms with Gasteiger partial charge in [0, 0.05) is 29.4 Å². The minimum Gasteiger partial charge on any atom is -0.385 e. The van der Waals surface area contributed by atoms with Gasteiger partial charge in [-0.05, 0) is 43.5 Å². The van der Waals surface area contributed by atoms with E-state index in [0.29, 0.717) is 6.04 Å². The Kier molecular flexibility index (Phi) is 3.37. The Bertz CT molecular complexity index is 567. The van der Waals surface area contributed by atoms with Gasteiger partial charge in [-0.25, -0.2) is 0 Å². The van der Waals surface area contributed by atoms with Gasteiger partial charge in [-0.15, -0.1) is 11.3 Å². The van der Waals surface area contributed by atoms with E-state index >= 15 is 0 Å². The van der Waals surface area contributed by atoms with E-state index in [-0.39, 0.29) is 0 Å². The molecule has 0 saturated carbocycles. The van der Waals surface area contributed by atoms with Crippen LogP contribution in [-0.4, -0.2) is 29.1 Å². The monoisotopic (exact) mass is 275 g/mol. The van der Waals surface area contributed by atoms with E-state index in [1.54, 1.807) is 11.3 Å². The summed E-state index contributed by atoms with van der Waals surface area (Å²) in [7, 11) is 0. The van der Waals surface area contributed by atoms with E-state index in [4.69, 9.17) is 0 Å². The van der Waals surface area contributed by atoms with Gasteiger partial charge in [-0.1, -0.05) is 18.2 Å². The maximum Gasteiger partial charge on any atom is 0.0934 e. The Morgan fingerprint density at radius 3 is 2.63 bits per heavy atom. The molecule has 1 aromatic heterocycles. The zero-order valence-electron chi connectivity index (χ0n) is 11.6. The van der Waals surface area contributed by atoms with Crippen molar-refractivity contribution < 1.29 is 5.11 Å². The predicted octanol–water partition coefficient (Wildman–Crippen LogP) is 3.59. The van der Waals surface area contributed by atoms with Crippen molar-refractivity contribution in [3.63, 3.8) is 0 Å². The zero-order valence-corrected chi connectivity index (χ0v) is 12.4. The summed E-state index contributed by atoms with van der Waals surface area (Å²) in [5.41, 5.74) is 0.485. The van der Waals surface area contributed by atoms with Crippen LogP contribution < -0.4 is 0 Å². The number of nitrogens with zero attached hydrogens (tertiary/aromatic N) is 1. The second kappa shape index (κ2) is 4.89. The SMILES string of the molecule is CC(C)N1CCC(O)(c2cccc3ccsc23)CC1. The third kappa shape index (κ3) is 2.31. The lowest BCUT2D eigenvalue weighted by Crippen LogP contribution is -2.45. The molecule has 0 radical (unpaired) electrons. The Labute approximate surface area is 118 Å². The third-order valence-corrected chi connectivity index (χ3v) is 5.30. The summed E-state index contributed by atoms with van der Waals surface area (Å²) < 4.78 is 1.25. The van der Waals surface area contributed by atoms with Gasteiger partial charge in [0.2, 0.25) is 0 Å². The Balaban J connectivity index is 1.92. The van der Waals surface area contributed by atoms with Crippen molar-refractivity contribution in [2.45, 2.75) is 38.3 Å². The van der Waals surface area contributed by atoms with Gasteiger partial charge in [0.1, 0.15) is 0 Å². The lowest BCUT2D eigenvalue weighted by Gasteiger charge is -2.40. The molecule has 0 bridgehead atoms. The van der Waals surface area contributed by atoms with Crippen LogP contribution in [0.3, 0.4) is 0 Å². The average Bonchev–Trinajstić information content (AvgIpc) is 2.87. The predicted molar refractivity (Wildman–Crippen MR) is 81.7 cm³/mol. The molecule has 1 fully saturated rings. The summed E-state index contributed by atoms with van der Waals surface area (Å²) in [6.07, 6.45) is 1.67. The fourth-order valence-electron chi connectivity index (χ4n) is 3.04. The number of likely N-dealkylation sites (tertiary alicyclic amines) is 1. The Morgan fingerprint density at radius 1 is 1.21 bits per heavy atom. The average molecular weight is 275 g/mol. The molecule has 1 aliphatic rings. The summed E-state index contributed by atoms with van der Waals surface area (Å²) in [6, 6.07) is 9.00. The maximum atomic E-state index is 11.0. The molecule has 0 atom stereocenters. The number of aliphatic hydroxyl groups is 1. The molecule has 1 aliphatic heterocycles. The van der Waals surface area contributed by atoms with Crippen LogP contribution in [0.4, 0.5) is 0 Å². The van der Waals surface area contributed by atoms with Crippen LogP contribution in [0.15, 0.2) is 29.6 Å². The van der Waals surface area contributed by atoms with Crippen molar-refractivity contribution in [2.24, 2.45) is 0 Å². The molecule has 0 aliphatic carbocycles. The molecule has 2 nitrogen and oxygen atoms in total. The molecule has 1 N–H and O–H groups in total. The van der Waals surface area contributed by atoms with Crippen molar-refractivity contribution >= 4 is 21.4 Å². The summed E-state index contributed by atoms with van der Waals surface area (Å²) in [5, 5.41) is 14.4. The second-order valence-corrected chi connectivity index (χ2v) is 6.72. The van der Waals surface area contributed by atoms with Gasteiger partial charge in [0.25, 0.3) is 0 Å². The van der Waals surface area contributed by atoms with Crippen LogP contribution in [0.5, 0.6) is 0 Å². The number of hydrogen-bond acceptors (Lipinski definition) is 3. The molecular weight excluding hydrogens is 254 g/mol. The van der Waals surface area contributed by atoms with Gasteiger partial charge in [0.15, 0.2) is 0 Å². The summed E-state index contributed by atoms with van der Waals surface area (Å²) in [5.74, 6) is 0. The van der Waals surface area contributed by atoms with Crippen LogP contribution in [-0.2, 0) is 5.60 Å². The minimum atomic E-state index is -0.643. The lowest BCUT2D eigenvalue weighted by molar-refractivity contribution is -0.0311. The largest absolute Gasteiger partial charge is 0.385 e.